The van der Waals surface area contributed by atoms with E-state index in [2.05, 4.69) is 26.3 Å². The fourth-order valence-electron chi connectivity index (χ4n) is 4.67. The second-order valence-electron chi connectivity index (χ2n) is 9.05. The van der Waals surface area contributed by atoms with E-state index in [4.69, 9.17) is 9.40 Å². The number of amides is 1. The average molecular weight is 483 g/mol. The van der Waals surface area contributed by atoms with E-state index >= 15 is 0 Å². The zero-order valence-electron chi connectivity index (χ0n) is 19.9. The third-order valence-electron chi connectivity index (χ3n) is 6.68. The van der Waals surface area contributed by atoms with Crippen molar-refractivity contribution in [2.24, 2.45) is 0 Å². The summed E-state index contributed by atoms with van der Waals surface area (Å²) in [5.41, 5.74) is 3.75. The molecule has 0 bridgehead atoms. The van der Waals surface area contributed by atoms with Crippen LogP contribution in [0.15, 0.2) is 35.2 Å². The molecule has 0 aromatic carbocycles. The SMILES string of the molecule is CCc1ocnc1C(=O)Nc1c(C)cc(N2CCc3ncccc3C2)nc1N1CCC(F)(F)CC1. The molecule has 1 fully saturated rings. The monoisotopic (exact) mass is 482 g/mol. The van der Waals surface area contributed by atoms with Crippen molar-refractivity contribution in [3.05, 3.63) is 59.1 Å². The number of hydrogen-bond acceptors (Lipinski definition) is 7. The maximum Gasteiger partial charge on any atom is 0.278 e. The Kier molecular flexibility index (Phi) is 6.12. The summed E-state index contributed by atoms with van der Waals surface area (Å²) in [4.78, 5) is 30.5. The van der Waals surface area contributed by atoms with Crippen molar-refractivity contribution in [3.8, 4) is 0 Å². The van der Waals surface area contributed by atoms with Crippen LogP contribution in [0.5, 0.6) is 0 Å². The highest BCUT2D eigenvalue weighted by Crippen LogP contribution is 2.37. The van der Waals surface area contributed by atoms with Crippen molar-refractivity contribution in [1.82, 2.24) is 15.0 Å². The van der Waals surface area contributed by atoms with Gasteiger partial charge in [-0.15, -0.1) is 0 Å². The fraction of sp³-hybridized carbons (Fsp3) is 0.440. The van der Waals surface area contributed by atoms with Gasteiger partial charge in [-0.25, -0.2) is 18.7 Å². The average Bonchev–Trinajstić information content (AvgIpc) is 3.34. The van der Waals surface area contributed by atoms with Gasteiger partial charge in [0.05, 0.1) is 5.69 Å². The van der Waals surface area contributed by atoms with Crippen molar-refractivity contribution in [2.75, 3.05) is 34.8 Å². The van der Waals surface area contributed by atoms with Crippen LogP contribution >= 0.6 is 0 Å². The van der Waals surface area contributed by atoms with Crippen LogP contribution in [0.1, 0.15) is 52.8 Å². The molecule has 8 nitrogen and oxygen atoms in total. The number of carbonyl (C=O) groups excluding carboxylic acids is 1. The Morgan fingerprint density at radius 3 is 2.77 bits per heavy atom. The van der Waals surface area contributed by atoms with Crippen LogP contribution in [0, 0.1) is 6.92 Å². The normalized spacial score (nSPS) is 17.3. The van der Waals surface area contributed by atoms with Crippen molar-refractivity contribution in [3.63, 3.8) is 0 Å². The van der Waals surface area contributed by atoms with Crippen molar-refractivity contribution >= 4 is 23.2 Å². The number of rotatable bonds is 5. The highest BCUT2D eigenvalue weighted by Gasteiger charge is 2.36. The van der Waals surface area contributed by atoms with E-state index in [-0.39, 0.29) is 31.6 Å². The second kappa shape index (κ2) is 9.24. The van der Waals surface area contributed by atoms with Gasteiger partial charge in [0.2, 0.25) is 0 Å². The highest BCUT2D eigenvalue weighted by molar-refractivity contribution is 6.05. The summed E-state index contributed by atoms with van der Waals surface area (Å²) in [7, 11) is 0. The quantitative estimate of drug-likeness (QED) is 0.577. The Morgan fingerprint density at radius 1 is 1.20 bits per heavy atom. The summed E-state index contributed by atoms with van der Waals surface area (Å²) in [6.45, 7) is 5.50. The second-order valence-corrected chi connectivity index (χ2v) is 9.05. The molecule has 1 amide bonds. The van der Waals surface area contributed by atoms with Crippen molar-refractivity contribution in [1.29, 1.82) is 0 Å². The number of hydrogen-bond donors (Lipinski definition) is 1. The molecule has 2 aliphatic heterocycles. The van der Waals surface area contributed by atoms with Crippen LogP contribution in [-0.4, -0.2) is 46.4 Å². The first-order valence-corrected chi connectivity index (χ1v) is 11.9. The molecule has 10 heteroatoms. The molecular formula is C25H28F2N6O2. The van der Waals surface area contributed by atoms with Crippen LogP contribution in [-0.2, 0) is 19.4 Å². The van der Waals surface area contributed by atoms with Crippen LogP contribution in [0.4, 0.5) is 26.1 Å². The minimum absolute atomic E-state index is 0.155. The van der Waals surface area contributed by atoms with Gasteiger partial charge in [0, 0.05) is 63.8 Å². The standard InChI is InChI=1S/C25H28F2N6O2/c1-3-19-22(29-15-35-19)24(34)31-21-16(2)13-20(30-23(21)32-11-7-25(26,27)8-12-32)33-10-6-18-17(14-33)5-4-9-28-18/h4-5,9,13,15H,3,6-8,10-12,14H2,1-2H3,(H,31,34). The maximum atomic E-state index is 13.9. The molecule has 5 heterocycles. The molecule has 184 valence electrons. The number of carbonyl (C=O) groups is 1. The molecule has 0 spiro atoms. The van der Waals surface area contributed by atoms with E-state index < -0.39 is 11.8 Å². The molecule has 35 heavy (non-hydrogen) atoms. The predicted octanol–water partition coefficient (Wildman–Crippen LogP) is 4.39. The molecule has 1 saturated heterocycles. The number of alkyl halides is 2. The van der Waals surface area contributed by atoms with Gasteiger partial charge in [-0.2, -0.15) is 0 Å². The molecule has 3 aromatic rings. The predicted molar refractivity (Wildman–Crippen MR) is 128 cm³/mol. The van der Waals surface area contributed by atoms with Crippen LogP contribution in [0.2, 0.25) is 0 Å². The van der Waals surface area contributed by atoms with E-state index in [1.807, 2.05) is 30.9 Å². The molecule has 1 N–H and O–H groups in total. The number of anilines is 3. The van der Waals surface area contributed by atoms with Gasteiger partial charge in [-0.05, 0) is 30.2 Å². The smallest absolute Gasteiger partial charge is 0.278 e. The van der Waals surface area contributed by atoms with Gasteiger partial charge in [0.15, 0.2) is 17.9 Å². The zero-order chi connectivity index (χ0) is 24.6. The first kappa shape index (κ1) is 23.2. The Hall–Kier alpha value is -3.56. The number of nitrogens with zero attached hydrogens (tertiary/aromatic N) is 5. The molecule has 0 unspecified atom stereocenters. The number of fused-ring (bicyclic) bond motifs is 1. The Balaban J connectivity index is 1.49. The molecule has 2 aliphatic rings. The van der Waals surface area contributed by atoms with Gasteiger partial charge < -0.3 is 19.5 Å². The first-order valence-electron chi connectivity index (χ1n) is 11.9. The van der Waals surface area contributed by atoms with E-state index in [0.717, 1.165) is 35.6 Å². The number of halogens is 2. The third-order valence-corrected chi connectivity index (χ3v) is 6.68. The number of piperidine rings is 1. The molecule has 5 rings (SSSR count). The number of pyridine rings is 2. The lowest BCUT2D eigenvalue weighted by Crippen LogP contribution is -2.40. The van der Waals surface area contributed by atoms with E-state index in [1.165, 1.54) is 6.39 Å². The van der Waals surface area contributed by atoms with Gasteiger partial charge in [-0.1, -0.05) is 13.0 Å². The first-order chi connectivity index (χ1) is 16.8. The third kappa shape index (κ3) is 4.69. The molecular weight excluding hydrogens is 454 g/mol. The summed E-state index contributed by atoms with van der Waals surface area (Å²) >= 11 is 0. The minimum Gasteiger partial charge on any atom is -0.448 e. The zero-order valence-corrected chi connectivity index (χ0v) is 19.9. The van der Waals surface area contributed by atoms with Gasteiger partial charge in [0.25, 0.3) is 11.8 Å². The van der Waals surface area contributed by atoms with Gasteiger partial charge >= 0.3 is 0 Å². The summed E-state index contributed by atoms with van der Waals surface area (Å²) < 4.78 is 33.1. The van der Waals surface area contributed by atoms with Crippen molar-refractivity contribution in [2.45, 2.75) is 52.0 Å². The Morgan fingerprint density at radius 2 is 2.00 bits per heavy atom. The molecule has 0 atom stereocenters. The van der Waals surface area contributed by atoms with Crippen molar-refractivity contribution < 1.29 is 18.0 Å². The molecule has 0 aliphatic carbocycles. The largest absolute Gasteiger partial charge is 0.448 e. The summed E-state index contributed by atoms with van der Waals surface area (Å²) in [5.74, 6) is -1.35. The lowest BCUT2D eigenvalue weighted by molar-refractivity contribution is -0.0221. The van der Waals surface area contributed by atoms with Crippen LogP contribution in [0.25, 0.3) is 0 Å². The van der Waals surface area contributed by atoms with Gasteiger partial charge in [-0.3, -0.25) is 9.78 Å². The highest BCUT2D eigenvalue weighted by atomic mass is 19.3. The summed E-state index contributed by atoms with van der Waals surface area (Å²) in [6.07, 6.45) is 3.87. The lowest BCUT2D eigenvalue weighted by Gasteiger charge is -2.35. The molecule has 0 radical (unpaired) electrons. The maximum absolute atomic E-state index is 13.9. The van der Waals surface area contributed by atoms with E-state index in [9.17, 15) is 13.6 Å². The van der Waals surface area contributed by atoms with Gasteiger partial charge in [0.1, 0.15) is 11.6 Å². The van der Waals surface area contributed by atoms with E-state index in [1.54, 1.807) is 6.20 Å². The van der Waals surface area contributed by atoms with E-state index in [0.29, 0.717) is 30.2 Å². The van der Waals surface area contributed by atoms with Crippen LogP contribution in [0.3, 0.4) is 0 Å². The fourth-order valence-corrected chi connectivity index (χ4v) is 4.67. The molecule has 3 aromatic heterocycles. The number of aromatic nitrogens is 3. The van der Waals surface area contributed by atoms with Crippen LogP contribution < -0.4 is 15.1 Å². The number of aryl methyl sites for hydroxylation is 2. The summed E-state index contributed by atoms with van der Waals surface area (Å²) in [6, 6.07) is 5.92. The lowest BCUT2D eigenvalue weighted by atomic mass is 10.0. The Labute approximate surface area is 202 Å². The molecule has 0 saturated carbocycles. The minimum atomic E-state index is -2.69. The summed E-state index contributed by atoms with van der Waals surface area (Å²) in [5, 5.41) is 2.94. The number of nitrogens with one attached hydrogen (secondary N) is 1. The number of oxazole rings is 1. The topological polar surface area (TPSA) is 87.4 Å². The Bertz CT molecular complexity index is 1230.